The van der Waals surface area contributed by atoms with Crippen molar-refractivity contribution in [3.8, 4) is 11.5 Å². The molecule has 0 aromatic heterocycles. The minimum atomic E-state index is -0.406. The first kappa shape index (κ1) is 17.7. The molecule has 2 aliphatic heterocycles. The van der Waals surface area contributed by atoms with Gasteiger partial charge in [-0.3, -0.25) is 9.69 Å². The number of methoxy groups -OCH3 is 1. The Kier molecular flexibility index (Phi) is 3.88. The van der Waals surface area contributed by atoms with Crippen LogP contribution in [0.25, 0.3) is 0 Å². The number of carbonyl (C=O) groups excluding carboxylic acids is 1. The SMILES string of the molecule is COc1cc(C2c3cccc(F)c3N3C(=O)c4ccccc4C3C2C)ccc1O. The summed E-state index contributed by atoms with van der Waals surface area (Å²) in [5.74, 6) is -0.302. The number of phenols is 1. The van der Waals surface area contributed by atoms with Crippen LogP contribution in [0.4, 0.5) is 10.1 Å². The summed E-state index contributed by atoms with van der Waals surface area (Å²) in [6.07, 6.45) is 0. The van der Waals surface area contributed by atoms with Crippen LogP contribution in [0.3, 0.4) is 0 Å². The van der Waals surface area contributed by atoms with Crippen molar-refractivity contribution in [2.75, 3.05) is 12.0 Å². The molecule has 4 nitrogen and oxygen atoms in total. The Morgan fingerprint density at radius 2 is 1.79 bits per heavy atom. The van der Waals surface area contributed by atoms with E-state index >= 15 is 4.39 Å². The normalized spacial score (nSPS) is 22.1. The molecule has 1 N–H and O–H groups in total. The van der Waals surface area contributed by atoms with Gasteiger partial charge in [0.1, 0.15) is 5.82 Å². The summed E-state index contributed by atoms with van der Waals surface area (Å²) in [4.78, 5) is 14.8. The van der Waals surface area contributed by atoms with Gasteiger partial charge in [0.25, 0.3) is 5.91 Å². The maximum Gasteiger partial charge on any atom is 0.259 e. The molecular formula is C24H20FNO3. The van der Waals surface area contributed by atoms with Crippen LogP contribution in [0, 0.1) is 11.7 Å². The van der Waals surface area contributed by atoms with Crippen LogP contribution in [0.5, 0.6) is 11.5 Å². The van der Waals surface area contributed by atoms with Crippen LogP contribution in [0.2, 0.25) is 0 Å². The van der Waals surface area contributed by atoms with Crippen LogP contribution in [-0.4, -0.2) is 18.1 Å². The van der Waals surface area contributed by atoms with Gasteiger partial charge in [0.2, 0.25) is 0 Å². The van der Waals surface area contributed by atoms with E-state index in [1.54, 1.807) is 23.1 Å². The monoisotopic (exact) mass is 389 g/mol. The molecule has 0 bridgehead atoms. The molecule has 146 valence electrons. The van der Waals surface area contributed by atoms with E-state index < -0.39 is 5.82 Å². The Morgan fingerprint density at radius 3 is 2.59 bits per heavy atom. The third kappa shape index (κ3) is 2.40. The summed E-state index contributed by atoms with van der Waals surface area (Å²) in [5, 5.41) is 10.0. The van der Waals surface area contributed by atoms with Gasteiger partial charge in [0, 0.05) is 11.5 Å². The lowest BCUT2D eigenvalue weighted by Gasteiger charge is -2.42. The summed E-state index contributed by atoms with van der Waals surface area (Å²) in [7, 11) is 1.50. The number of ether oxygens (including phenoxy) is 1. The number of benzene rings is 3. The fourth-order valence-electron chi connectivity index (χ4n) is 4.98. The Bertz CT molecular complexity index is 1140. The van der Waals surface area contributed by atoms with Crippen LogP contribution in [0.1, 0.15) is 45.9 Å². The molecule has 1 amide bonds. The minimum absolute atomic E-state index is 0.00820. The van der Waals surface area contributed by atoms with Gasteiger partial charge in [-0.2, -0.15) is 0 Å². The number of para-hydroxylation sites is 1. The number of hydrogen-bond acceptors (Lipinski definition) is 3. The Labute approximate surface area is 168 Å². The number of nitrogens with zero attached hydrogens (tertiary/aromatic N) is 1. The molecule has 0 radical (unpaired) electrons. The molecular weight excluding hydrogens is 369 g/mol. The molecule has 3 atom stereocenters. The molecule has 29 heavy (non-hydrogen) atoms. The van der Waals surface area contributed by atoms with Crippen molar-refractivity contribution in [3.05, 3.63) is 88.7 Å². The summed E-state index contributed by atoms with van der Waals surface area (Å²) in [6.45, 7) is 2.09. The van der Waals surface area contributed by atoms with E-state index in [-0.39, 0.29) is 29.5 Å². The minimum Gasteiger partial charge on any atom is -0.504 e. The Morgan fingerprint density at radius 1 is 1.03 bits per heavy atom. The highest BCUT2D eigenvalue weighted by Crippen LogP contribution is 2.55. The highest BCUT2D eigenvalue weighted by atomic mass is 19.1. The van der Waals surface area contributed by atoms with Crippen LogP contribution in [-0.2, 0) is 0 Å². The van der Waals surface area contributed by atoms with Gasteiger partial charge in [0.05, 0.1) is 18.8 Å². The van der Waals surface area contributed by atoms with E-state index in [0.717, 1.165) is 16.7 Å². The predicted octanol–water partition coefficient (Wildman–Crippen LogP) is 5.02. The summed E-state index contributed by atoms with van der Waals surface area (Å²) < 4.78 is 20.4. The maximum absolute atomic E-state index is 15.1. The van der Waals surface area contributed by atoms with Crippen molar-refractivity contribution in [1.82, 2.24) is 0 Å². The number of hydrogen-bond donors (Lipinski definition) is 1. The number of amides is 1. The second-order valence-corrected chi connectivity index (χ2v) is 7.65. The molecule has 5 heteroatoms. The average Bonchev–Trinajstić information content (AvgIpc) is 3.02. The van der Waals surface area contributed by atoms with Crippen LogP contribution < -0.4 is 9.64 Å². The first-order valence-corrected chi connectivity index (χ1v) is 9.60. The molecule has 0 saturated heterocycles. The van der Waals surface area contributed by atoms with E-state index in [0.29, 0.717) is 17.0 Å². The average molecular weight is 389 g/mol. The lowest BCUT2D eigenvalue weighted by molar-refractivity contribution is 0.0980. The first-order valence-electron chi connectivity index (χ1n) is 9.60. The molecule has 2 heterocycles. The molecule has 5 rings (SSSR count). The van der Waals surface area contributed by atoms with E-state index in [2.05, 4.69) is 6.92 Å². The molecule has 0 fully saturated rings. The summed E-state index contributed by atoms with van der Waals surface area (Å²) >= 11 is 0. The second kappa shape index (κ2) is 6.34. The third-order valence-corrected chi connectivity index (χ3v) is 6.19. The van der Waals surface area contributed by atoms with Gasteiger partial charge in [-0.15, -0.1) is 0 Å². The van der Waals surface area contributed by atoms with E-state index in [1.165, 1.54) is 13.2 Å². The molecule has 3 aromatic rings. The van der Waals surface area contributed by atoms with Gasteiger partial charge in [-0.05, 0) is 46.9 Å². The fourth-order valence-corrected chi connectivity index (χ4v) is 4.98. The first-order chi connectivity index (χ1) is 14.0. The molecule has 0 aliphatic carbocycles. The quantitative estimate of drug-likeness (QED) is 0.669. The van der Waals surface area contributed by atoms with Crippen molar-refractivity contribution in [2.24, 2.45) is 5.92 Å². The van der Waals surface area contributed by atoms with Gasteiger partial charge >= 0.3 is 0 Å². The topological polar surface area (TPSA) is 49.8 Å². The van der Waals surface area contributed by atoms with Gasteiger partial charge in [-0.25, -0.2) is 4.39 Å². The molecule has 3 aromatic carbocycles. The number of rotatable bonds is 2. The van der Waals surface area contributed by atoms with Crippen molar-refractivity contribution in [1.29, 1.82) is 0 Å². The zero-order valence-electron chi connectivity index (χ0n) is 16.1. The number of aromatic hydroxyl groups is 1. The van der Waals surface area contributed by atoms with Gasteiger partial charge in [0.15, 0.2) is 11.5 Å². The number of phenolic OH excluding ortho intramolecular Hbond substituents is 1. The highest BCUT2D eigenvalue weighted by Gasteiger charge is 2.49. The number of carbonyl (C=O) groups is 1. The highest BCUT2D eigenvalue weighted by molar-refractivity contribution is 6.12. The van der Waals surface area contributed by atoms with Crippen LogP contribution in [0.15, 0.2) is 60.7 Å². The van der Waals surface area contributed by atoms with Crippen molar-refractivity contribution in [2.45, 2.75) is 18.9 Å². The lowest BCUT2D eigenvalue weighted by Crippen LogP contribution is -2.39. The lowest BCUT2D eigenvalue weighted by atomic mass is 9.73. The largest absolute Gasteiger partial charge is 0.504 e. The molecule has 0 saturated carbocycles. The third-order valence-electron chi connectivity index (χ3n) is 6.19. The van der Waals surface area contributed by atoms with E-state index in [9.17, 15) is 9.90 Å². The number of fused-ring (bicyclic) bond motifs is 5. The predicted molar refractivity (Wildman–Crippen MR) is 108 cm³/mol. The Balaban J connectivity index is 1.77. The van der Waals surface area contributed by atoms with E-state index in [1.807, 2.05) is 36.4 Å². The van der Waals surface area contributed by atoms with E-state index in [4.69, 9.17) is 4.74 Å². The number of halogens is 1. The molecule has 2 aliphatic rings. The zero-order chi connectivity index (χ0) is 20.3. The van der Waals surface area contributed by atoms with Gasteiger partial charge < -0.3 is 9.84 Å². The Hall–Kier alpha value is -3.34. The summed E-state index contributed by atoms with van der Waals surface area (Å²) in [6, 6.07) is 17.4. The van der Waals surface area contributed by atoms with Gasteiger partial charge in [-0.1, -0.05) is 43.3 Å². The smallest absolute Gasteiger partial charge is 0.259 e. The van der Waals surface area contributed by atoms with Crippen molar-refractivity contribution < 1.29 is 19.0 Å². The maximum atomic E-state index is 15.1. The fraction of sp³-hybridized carbons (Fsp3) is 0.208. The second-order valence-electron chi connectivity index (χ2n) is 7.65. The van der Waals surface area contributed by atoms with Crippen molar-refractivity contribution >= 4 is 11.6 Å². The number of anilines is 1. The molecule has 0 spiro atoms. The molecule has 3 unspecified atom stereocenters. The van der Waals surface area contributed by atoms with Crippen molar-refractivity contribution in [3.63, 3.8) is 0 Å². The standard InChI is InChI=1S/C24H20FNO3/c1-13-21(14-10-11-19(27)20(12-14)29-2)17-8-5-9-18(25)23(17)26-22(13)15-6-3-4-7-16(15)24(26)28/h3-13,21-22,27H,1-2H3. The summed E-state index contributed by atoms with van der Waals surface area (Å²) in [5.41, 5.74) is 3.57. The van der Waals surface area contributed by atoms with Crippen LogP contribution >= 0.6 is 0 Å². The zero-order valence-corrected chi connectivity index (χ0v) is 16.1.